The lowest BCUT2D eigenvalue weighted by atomic mass is 9.96. The summed E-state index contributed by atoms with van der Waals surface area (Å²) >= 11 is 4.86. The highest BCUT2D eigenvalue weighted by Crippen LogP contribution is 2.21. The molecule has 2 aliphatic rings. The molecule has 0 radical (unpaired) electrons. The Labute approximate surface area is 190 Å². The lowest BCUT2D eigenvalue weighted by molar-refractivity contribution is 0.159. The summed E-state index contributed by atoms with van der Waals surface area (Å²) in [7, 11) is 0. The maximum atomic E-state index is 9.89. The maximum Gasteiger partial charge on any atom is 0.403 e. The molecule has 5 nitrogen and oxygen atoms in total. The van der Waals surface area contributed by atoms with Crippen molar-refractivity contribution >= 4 is 23.0 Å². The molecule has 0 bridgehead atoms. The molecular formula is C24H46ClN3O2. The van der Waals surface area contributed by atoms with Gasteiger partial charge >= 0.3 is 5.43 Å². The Morgan fingerprint density at radius 3 is 1.53 bits per heavy atom. The van der Waals surface area contributed by atoms with E-state index >= 15 is 0 Å². The van der Waals surface area contributed by atoms with Crippen molar-refractivity contribution < 1.29 is 9.53 Å². The topological polar surface area (TPSA) is 54.3 Å². The van der Waals surface area contributed by atoms with E-state index in [1.165, 1.54) is 83.8 Å². The zero-order valence-corrected chi connectivity index (χ0v) is 20.9. The second-order valence-electron chi connectivity index (χ2n) is 8.50. The third kappa shape index (κ3) is 17.9. The molecule has 0 atom stereocenters. The van der Waals surface area contributed by atoms with Gasteiger partial charge < -0.3 is 9.64 Å². The van der Waals surface area contributed by atoms with Crippen LogP contribution in [0.2, 0.25) is 0 Å². The van der Waals surface area contributed by atoms with Gasteiger partial charge in [0.2, 0.25) is 0 Å². The van der Waals surface area contributed by atoms with Gasteiger partial charge in [0.05, 0.1) is 24.7 Å². The molecule has 2 saturated carbocycles. The summed E-state index contributed by atoms with van der Waals surface area (Å²) in [4.78, 5) is 21.2. The van der Waals surface area contributed by atoms with Gasteiger partial charge in [0.1, 0.15) is 0 Å². The molecule has 0 aromatic heterocycles. The van der Waals surface area contributed by atoms with Gasteiger partial charge in [-0.15, -0.1) is 0 Å². The Hall–Kier alpha value is -0.900. The van der Waals surface area contributed by atoms with Crippen LogP contribution in [0.3, 0.4) is 0 Å². The normalized spacial score (nSPS) is 17.2. The third-order valence-electron chi connectivity index (χ3n) is 5.50. The monoisotopic (exact) mass is 443 g/mol. The molecule has 2 fully saturated rings. The highest BCUT2D eigenvalue weighted by Gasteiger charge is 2.12. The molecule has 176 valence electrons. The van der Waals surface area contributed by atoms with Crippen LogP contribution in [0.4, 0.5) is 4.79 Å². The van der Waals surface area contributed by atoms with E-state index in [1.807, 2.05) is 13.8 Å². The Bertz CT molecular complexity index is 436. The number of carbonyl (C=O) groups excluding carboxylic acids is 1. The van der Waals surface area contributed by atoms with Crippen LogP contribution in [-0.2, 0) is 4.74 Å². The Kier molecular flexibility index (Phi) is 19.4. The molecule has 0 aliphatic heterocycles. The summed E-state index contributed by atoms with van der Waals surface area (Å²) in [6, 6.07) is 4.04. The van der Waals surface area contributed by atoms with Crippen molar-refractivity contribution in [1.82, 2.24) is 4.90 Å². The average Bonchev–Trinajstić information content (AvgIpc) is 2.76. The van der Waals surface area contributed by atoms with E-state index in [9.17, 15) is 4.79 Å². The first-order chi connectivity index (χ1) is 14.4. The van der Waals surface area contributed by atoms with E-state index in [0.717, 1.165) is 0 Å². The van der Waals surface area contributed by atoms with Gasteiger partial charge in [-0.1, -0.05) is 73.1 Å². The van der Waals surface area contributed by atoms with Gasteiger partial charge in [-0.3, -0.25) is 0 Å². The molecule has 0 aromatic rings. The van der Waals surface area contributed by atoms with Crippen LogP contribution in [0.1, 0.15) is 98.8 Å². The molecule has 30 heavy (non-hydrogen) atoms. The van der Waals surface area contributed by atoms with Crippen molar-refractivity contribution in [3.05, 3.63) is 0 Å². The van der Waals surface area contributed by atoms with Gasteiger partial charge in [-0.25, -0.2) is 14.8 Å². The minimum Gasteiger partial charge on any atom is -0.453 e. The first-order valence-corrected chi connectivity index (χ1v) is 12.5. The van der Waals surface area contributed by atoms with Crippen molar-refractivity contribution in [1.29, 1.82) is 0 Å². The van der Waals surface area contributed by atoms with Crippen molar-refractivity contribution in [2.45, 2.75) is 111 Å². The van der Waals surface area contributed by atoms with Crippen molar-refractivity contribution in [2.24, 2.45) is 15.9 Å². The van der Waals surface area contributed by atoms with Crippen molar-refractivity contribution in [3.63, 3.8) is 0 Å². The smallest absolute Gasteiger partial charge is 0.403 e. The zero-order chi connectivity index (χ0) is 22.6. The second-order valence-corrected chi connectivity index (χ2v) is 8.81. The molecule has 0 N–H and O–H groups in total. The van der Waals surface area contributed by atoms with Gasteiger partial charge in [0.25, 0.3) is 0 Å². The number of carbonyl (C=O) groups is 1. The van der Waals surface area contributed by atoms with Crippen molar-refractivity contribution in [3.8, 4) is 0 Å². The molecule has 2 rings (SSSR count). The SMILES string of the molecule is C(=NC1CCCCC1)=NC1CCCCC1.CC(C)COC(=O)Cl.CCN(CC)CC. The molecule has 2 aliphatic carbocycles. The number of rotatable bonds is 7. The predicted octanol–water partition coefficient (Wildman–Crippen LogP) is 7.19. The predicted molar refractivity (Wildman–Crippen MR) is 129 cm³/mol. The lowest BCUT2D eigenvalue weighted by Crippen LogP contribution is -2.21. The summed E-state index contributed by atoms with van der Waals surface area (Å²) in [6.45, 7) is 14.4. The second kappa shape index (κ2) is 20.0. The summed E-state index contributed by atoms with van der Waals surface area (Å²) in [5.74, 6) is 0.359. The average molecular weight is 444 g/mol. The molecule has 0 amide bonds. The molecule has 0 aromatic carbocycles. The van der Waals surface area contributed by atoms with Gasteiger partial charge in [-0.2, -0.15) is 0 Å². The quantitative estimate of drug-likeness (QED) is 0.309. The number of ether oxygens (including phenoxy) is 1. The number of aliphatic imine (C=N–C) groups is 2. The maximum absolute atomic E-state index is 9.89. The first kappa shape index (κ1) is 29.1. The Morgan fingerprint density at radius 2 is 1.30 bits per heavy atom. The van der Waals surface area contributed by atoms with E-state index < -0.39 is 5.43 Å². The fourth-order valence-corrected chi connectivity index (χ4v) is 3.58. The standard InChI is InChI=1S/C13H22N2.C6H15N.C5H9ClO2/c1-3-7-12(8-4-1)14-11-15-13-9-5-2-6-10-13;1-4-7(5-2)6-3;1-4(2)3-8-5(6)7/h12-13H,1-10H2;4-6H2,1-3H3;4H,3H2,1-2H3. The molecule has 6 heteroatoms. The van der Waals surface area contributed by atoms with E-state index in [0.29, 0.717) is 24.6 Å². The highest BCUT2D eigenvalue weighted by atomic mass is 35.5. The Balaban J connectivity index is 0.000000477. The molecule has 0 heterocycles. The van der Waals surface area contributed by atoms with E-state index in [-0.39, 0.29) is 0 Å². The molecule has 0 unspecified atom stereocenters. The number of hydrogen-bond donors (Lipinski definition) is 0. The summed E-state index contributed by atoms with van der Waals surface area (Å²) in [6.07, 6.45) is 13.2. The fourth-order valence-electron chi connectivity index (χ4n) is 3.52. The van der Waals surface area contributed by atoms with Gasteiger partial charge in [-0.05, 0) is 51.2 Å². The highest BCUT2D eigenvalue weighted by molar-refractivity contribution is 6.61. The molecular weight excluding hydrogens is 398 g/mol. The van der Waals surface area contributed by atoms with Crippen LogP contribution in [0.25, 0.3) is 0 Å². The summed E-state index contributed by atoms with van der Waals surface area (Å²) < 4.78 is 4.43. The van der Waals surface area contributed by atoms with E-state index in [1.54, 1.807) is 0 Å². The van der Waals surface area contributed by atoms with E-state index in [4.69, 9.17) is 11.6 Å². The summed E-state index contributed by atoms with van der Waals surface area (Å²) in [5, 5.41) is 0. The van der Waals surface area contributed by atoms with Crippen LogP contribution >= 0.6 is 11.6 Å². The van der Waals surface area contributed by atoms with Crippen LogP contribution in [0, 0.1) is 5.92 Å². The van der Waals surface area contributed by atoms with Crippen LogP contribution in [-0.4, -0.2) is 54.7 Å². The molecule has 0 spiro atoms. The Morgan fingerprint density at radius 1 is 0.900 bits per heavy atom. The number of hydrogen-bond acceptors (Lipinski definition) is 5. The molecule has 0 saturated heterocycles. The summed E-state index contributed by atoms with van der Waals surface area (Å²) in [5.41, 5.74) is -0.723. The van der Waals surface area contributed by atoms with Crippen LogP contribution in [0.5, 0.6) is 0 Å². The first-order valence-electron chi connectivity index (χ1n) is 12.1. The van der Waals surface area contributed by atoms with Crippen molar-refractivity contribution in [2.75, 3.05) is 26.2 Å². The largest absolute Gasteiger partial charge is 0.453 e. The number of nitrogens with zero attached hydrogens (tertiary/aromatic N) is 3. The van der Waals surface area contributed by atoms with Crippen LogP contribution < -0.4 is 0 Å². The lowest BCUT2D eigenvalue weighted by Gasteiger charge is -2.17. The third-order valence-corrected chi connectivity index (χ3v) is 5.61. The van der Waals surface area contributed by atoms with Crippen LogP contribution in [0.15, 0.2) is 9.98 Å². The zero-order valence-electron chi connectivity index (χ0n) is 20.2. The minimum absolute atomic E-state index is 0.359. The van der Waals surface area contributed by atoms with Gasteiger partial charge in [0, 0.05) is 11.6 Å². The minimum atomic E-state index is -0.723. The fraction of sp³-hybridized carbons (Fsp3) is 0.917. The number of halogens is 1. The van der Waals surface area contributed by atoms with E-state index in [2.05, 4.69) is 46.4 Å². The van der Waals surface area contributed by atoms with Gasteiger partial charge in [0.15, 0.2) is 0 Å².